The zero-order valence-corrected chi connectivity index (χ0v) is 4.83. The molecule has 1 nitrogen and oxygen atoms in total. The average Bonchev–Trinajstić information content (AvgIpc) is 2.09. The summed E-state index contributed by atoms with van der Waals surface area (Å²) in [7, 11) is 0. The lowest BCUT2D eigenvalue weighted by molar-refractivity contribution is 0.572. The topological polar surface area (TPSA) is 26.0 Å². The van der Waals surface area contributed by atoms with Gasteiger partial charge in [-0.1, -0.05) is 6.04 Å². The molecule has 1 aromatic carbocycles. The van der Waals surface area contributed by atoms with E-state index >= 15 is 0 Å². The Morgan fingerprint density at radius 3 is 2.90 bits per heavy atom. The summed E-state index contributed by atoms with van der Waals surface area (Å²) in [6, 6.07) is -3.26. The molecule has 0 unspecified atom stereocenters. The normalized spacial score (nSPS) is 18.5. The van der Waals surface area contributed by atoms with Gasteiger partial charge in [0.05, 0.1) is 4.11 Å². The fourth-order valence-electron chi connectivity index (χ4n) is 0.462. The van der Waals surface area contributed by atoms with Gasteiger partial charge in [0, 0.05) is 20.8 Å². The molecule has 0 radical (unpaired) electrons. The molecule has 54 valence electrons. The highest BCUT2D eigenvalue weighted by Crippen LogP contribution is 2.07. The van der Waals surface area contributed by atoms with E-state index in [-0.39, 0.29) is 0 Å². The number of rotatable bonds is 1. The first-order valence-corrected chi connectivity index (χ1v) is 2.42. The van der Waals surface area contributed by atoms with Crippen molar-refractivity contribution in [1.29, 1.82) is 0 Å². The first-order valence-electron chi connectivity index (χ1n) is 4.92. The molecule has 0 amide bonds. The molecular weight excluding hydrogens is 136 g/mol. The van der Waals surface area contributed by atoms with Crippen molar-refractivity contribution in [3.05, 3.63) is 35.3 Å². The second kappa shape index (κ2) is 2.75. The molecule has 0 fully saturated rings. The lowest BCUT2D eigenvalue weighted by atomic mass is 10.2. The Balaban J connectivity index is 3.68. The summed E-state index contributed by atoms with van der Waals surface area (Å²) in [5.41, 5.74) is 3.96. The van der Waals surface area contributed by atoms with Crippen LogP contribution in [0.2, 0.25) is 0 Å². The molecule has 0 aliphatic carbocycles. The molecule has 0 saturated carbocycles. The lowest BCUT2D eigenvalue weighted by Crippen LogP contribution is -1.99. The van der Waals surface area contributed by atoms with Crippen LogP contribution < -0.4 is 5.73 Å². The zero-order chi connectivity index (χ0) is 12.0. The van der Waals surface area contributed by atoms with Crippen molar-refractivity contribution in [2.24, 2.45) is 5.73 Å². The molecule has 0 aliphatic rings. The standard InChI is InChI=1S/C7H7F2N/c8-6-2-1-5(4-10)7(9)3-6/h1-3H,4,10H2/i1D,2D,3D,4D2. The van der Waals surface area contributed by atoms with E-state index in [1.807, 2.05) is 0 Å². The van der Waals surface area contributed by atoms with Gasteiger partial charge < -0.3 is 5.73 Å². The highest BCUT2D eigenvalue weighted by molar-refractivity contribution is 5.17. The van der Waals surface area contributed by atoms with Crippen LogP contribution in [0.4, 0.5) is 8.78 Å². The zero-order valence-electron chi connectivity index (χ0n) is 9.83. The minimum absolute atomic E-state index is 0.973. The lowest BCUT2D eigenvalue weighted by Gasteiger charge is -1.96. The van der Waals surface area contributed by atoms with Crippen molar-refractivity contribution < 1.29 is 15.6 Å². The SMILES string of the molecule is [2H]c1c([2H])c(C([2H])([2H])N)c(F)c([2H])c1F. The van der Waals surface area contributed by atoms with Crippen LogP contribution in [0.15, 0.2) is 18.1 Å². The van der Waals surface area contributed by atoms with Gasteiger partial charge in [0.15, 0.2) is 0 Å². The molecule has 0 heterocycles. The van der Waals surface area contributed by atoms with Crippen LogP contribution in [0.1, 0.15) is 12.4 Å². The molecule has 0 saturated heterocycles. The fraction of sp³-hybridized carbons (Fsp3) is 0.143. The van der Waals surface area contributed by atoms with Crippen LogP contribution in [0.5, 0.6) is 0 Å². The maximum atomic E-state index is 13.2. The van der Waals surface area contributed by atoms with Gasteiger partial charge in [0.2, 0.25) is 0 Å². The Bertz CT molecular complexity index is 386. The maximum absolute atomic E-state index is 13.2. The van der Waals surface area contributed by atoms with Gasteiger partial charge in [-0.25, -0.2) is 8.78 Å². The maximum Gasteiger partial charge on any atom is 0.130 e. The van der Waals surface area contributed by atoms with Crippen molar-refractivity contribution in [2.45, 2.75) is 6.50 Å². The number of hydrogen-bond donors (Lipinski definition) is 1. The molecule has 10 heavy (non-hydrogen) atoms. The summed E-state index contributed by atoms with van der Waals surface area (Å²) in [6.07, 6.45) is 0. The molecule has 0 bridgehead atoms. The largest absolute Gasteiger partial charge is 0.326 e. The molecule has 1 rings (SSSR count). The predicted octanol–water partition coefficient (Wildman–Crippen LogP) is 1.42. The van der Waals surface area contributed by atoms with Gasteiger partial charge in [0.1, 0.15) is 11.6 Å². The smallest absolute Gasteiger partial charge is 0.130 e. The van der Waals surface area contributed by atoms with Crippen LogP contribution in [0, 0.1) is 11.6 Å². The molecule has 0 atom stereocenters. The highest BCUT2D eigenvalue weighted by atomic mass is 19.1. The minimum Gasteiger partial charge on any atom is -0.326 e. The van der Waals surface area contributed by atoms with Gasteiger partial charge in [-0.05, 0) is 6.04 Å². The van der Waals surface area contributed by atoms with Gasteiger partial charge in [-0.2, -0.15) is 0 Å². The Labute approximate surface area is 64.5 Å². The number of nitrogens with two attached hydrogens (primary N) is 1. The summed E-state index contributed by atoms with van der Waals surface area (Å²) in [5.74, 6) is -3.04. The molecular formula is C7H7F2N. The minimum atomic E-state index is -2.72. The van der Waals surface area contributed by atoms with Crippen LogP contribution in [-0.4, -0.2) is 0 Å². The number of halogens is 2. The summed E-state index contributed by atoms with van der Waals surface area (Å²) in [6.45, 7) is -2.72. The van der Waals surface area contributed by atoms with E-state index in [9.17, 15) is 8.78 Å². The summed E-state index contributed by atoms with van der Waals surface area (Å²) in [4.78, 5) is 0. The van der Waals surface area contributed by atoms with Crippen molar-refractivity contribution in [3.8, 4) is 0 Å². The highest BCUT2D eigenvalue weighted by Gasteiger charge is 1.99. The Morgan fingerprint density at radius 2 is 2.30 bits per heavy atom. The van der Waals surface area contributed by atoms with E-state index in [1.165, 1.54) is 0 Å². The first-order chi connectivity index (χ1) is 6.68. The summed E-state index contributed by atoms with van der Waals surface area (Å²) < 4.78 is 61.3. The Hall–Kier alpha value is -0.960. The third-order valence-electron chi connectivity index (χ3n) is 0.881. The van der Waals surface area contributed by atoms with Crippen molar-refractivity contribution >= 4 is 0 Å². The van der Waals surface area contributed by atoms with Gasteiger partial charge in [-0.3, -0.25) is 0 Å². The van der Waals surface area contributed by atoms with E-state index in [0.29, 0.717) is 0 Å². The van der Waals surface area contributed by atoms with Gasteiger partial charge in [0.25, 0.3) is 0 Å². The average molecular weight is 148 g/mol. The van der Waals surface area contributed by atoms with Crippen LogP contribution >= 0.6 is 0 Å². The van der Waals surface area contributed by atoms with Gasteiger partial charge >= 0.3 is 0 Å². The Morgan fingerprint density at radius 1 is 1.60 bits per heavy atom. The van der Waals surface area contributed by atoms with E-state index < -0.39 is 41.8 Å². The molecule has 2 N–H and O–H groups in total. The molecule has 0 spiro atoms. The van der Waals surface area contributed by atoms with Crippen LogP contribution in [0.3, 0.4) is 0 Å². The van der Waals surface area contributed by atoms with Crippen molar-refractivity contribution in [1.82, 2.24) is 0 Å². The fourth-order valence-corrected chi connectivity index (χ4v) is 0.462. The number of benzene rings is 1. The quantitative estimate of drug-likeness (QED) is 0.640. The van der Waals surface area contributed by atoms with E-state index in [4.69, 9.17) is 12.6 Å². The summed E-state index contributed by atoms with van der Waals surface area (Å²) in [5, 5.41) is 0. The predicted molar refractivity (Wildman–Crippen MR) is 34.2 cm³/mol. The third-order valence-corrected chi connectivity index (χ3v) is 0.881. The van der Waals surface area contributed by atoms with E-state index in [1.54, 1.807) is 0 Å². The first kappa shape index (κ1) is 2.96. The second-order valence-electron chi connectivity index (χ2n) is 1.52. The van der Waals surface area contributed by atoms with Crippen LogP contribution in [-0.2, 0) is 6.50 Å². The van der Waals surface area contributed by atoms with E-state index in [2.05, 4.69) is 0 Å². The second-order valence-corrected chi connectivity index (χ2v) is 1.52. The number of hydrogen-bond acceptors (Lipinski definition) is 1. The monoisotopic (exact) mass is 148 g/mol. The van der Waals surface area contributed by atoms with Crippen molar-refractivity contribution in [2.75, 3.05) is 0 Å². The Kier molecular flexibility index (Phi) is 0.815. The van der Waals surface area contributed by atoms with Crippen molar-refractivity contribution in [3.63, 3.8) is 0 Å². The molecule has 0 aromatic heterocycles. The molecule has 1 aromatic rings. The van der Waals surface area contributed by atoms with Crippen LogP contribution in [0.25, 0.3) is 0 Å². The van der Waals surface area contributed by atoms with E-state index in [0.717, 1.165) is 0 Å². The third kappa shape index (κ3) is 1.30. The molecule has 0 aliphatic heterocycles. The van der Waals surface area contributed by atoms with Gasteiger partial charge in [-0.15, -0.1) is 0 Å². The summed E-state index contributed by atoms with van der Waals surface area (Å²) >= 11 is 0. The molecule has 3 heteroatoms.